The largest absolute Gasteiger partial charge is 0.472 e. The zero-order chi connectivity index (χ0) is 33.3. The lowest BCUT2D eigenvalue weighted by Crippen LogP contribution is -2.45. The summed E-state index contributed by atoms with van der Waals surface area (Å²) in [4.78, 5) is 22.5. The van der Waals surface area contributed by atoms with E-state index in [0.29, 0.717) is 6.42 Å². The molecule has 0 saturated carbocycles. The van der Waals surface area contributed by atoms with Gasteiger partial charge in [0.15, 0.2) is 0 Å². The summed E-state index contributed by atoms with van der Waals surface area (Å²) in [6.07, 6.45) is 34.0. The molecule has 0 radical (unpaired) electrons. The number of unbranched alkanes of at least 4 members (excludes halogenated alkanes) is 23. The molecule has 268 valence electrons. The molecule has 0 rings (SSSR count). The highest BCUT2D eigenvalue weighted by atomic mass is 31.2. The van der Waals surface area contributed by atoms with Crippen molar-refractivity contribution in [3.63, 3.8) is 0 Å². The highest BCUT2D eigenvalue weighted by Crippen LogP contribution is 2.43. The van der Waals surface area contributed by atoms with Crippen LogP contribution in [-0.2, 0) is 18.4 Å². The van der Waals surface area contributed by atoms with E-state index >= 15 is 0 Å². The van der Waals surface area contributed by atoms with Gasteiger partial charge in [-0.3, -0.25) is 13.8 Å². The van der Waals surface area contributed by atoms with Gasteiger partial charge in [0.05, 0.1) is 25.4 Å². The van der Waals surface area contributed by atoms with Gasteiger partial charge < -0.3 is 21.1 Å². The fourth-order valence-corrected chi connectivity index (χ4v) is 6.24. The molecule has 0 aromatic heterocycles. The predicted molar refractivity (Wildman–Crippen MR) is 189 cm³/mol. The second-order valence-electron chi connectivity index (χ2n) is 12.8. The van der Waals surface area contributed by atoms with Crippen molar-refractivity contribution in [3.05, 3.63) is 12.2 Å². The minimum absolute atomic E-state index is 0.0808. The van der Waals surface area contributed by atoms with E-state index in [-0.39, 0.29) is 25.7 Å². The first-order chi connectivity index (χ1) is 21.9. The van der Waals surface area contributed by atoms with Crippen molar-refractivity contribution in [1.82, 2.24) is 5.32 Å². The van der Waals surface area contributed by atoms with Crippen LogP contribution in [0.15, 0.2) is 12.2 Å². The van der Waals surface area contributed by atoms with Crippen molar-refractivity contribution in [2.45, 2.75) is 193 Å². The number of hydrogen-bond donors (Lipinski definition) is 4. The Morgan fingerprint density at radius 3 is 1.58 bits per heavy atom. The quantitative estimate of drug-likeness (QED) is 0.0302. The van der Waals surface area contributed by atoms with Gasteiger partial charge in [-0.2, -0.15) is 0 Å². The Kier molecular flexibility index (Phi) is 32.6. The van der Waals surface area contributed by atoms with Gasteiger partial charge in [0.25, 0.3) is 0 Å². The number of amides is 1. The molecular weight excluding hydrogens is 587 g/mol. The summed E-state index contributed by atoms with van der Waals surface area (Å²) < 4.78 is 22.0. The Hall–Kier alpha value is -0.760. The van der Waals surface area contributed by atoms with Crippen molar-refractivity contribution in [2.75, 3.05) is 19.8 Å². The van der Waals surface area contributed by atoms with E-state index < -0.39 is 20.0 Å². The molecule has 3 atom stereocenters. The highest BCUT2D eigenvalue weighted by Gasteiger charge is 2.26. The zero-order valence-electron chi connectivity index (χ0n) is 29.4. The van der Waals surface area contributed by atoms with E-state index in [9.17, 15) is 19.4 Å². The molecule has 0 fully saturated rings. The van der Waals surface area contributed by atoms with Gasteiger partial charge in [-0.1, -0.05) is 167 Å². The summed E-state index contributed by atoms with van der Waals surface area (Å²) in [5.74, 6) is -0.194. The van der Waals surface area contributed by atoms with E-state index in [4.69, 9.17) is 14.8 Å². The third-order valence-corrected chi connectivity index (χ3v) is 9.35. The topological polar surface area (TPSA) is 131 Å². The number of aliphatic hydroxyl groups is 1. The molecule has 0 aliphatic carbocycles. The predicted octanol–water partition coefficient (Wildman–Crippen LogP) is 9.66. The van der Waals surface area contributed by atoms with E-state index in [1.807, 2.05) is 6.08 Å². The zero-order valence-corrected chi connectivity index (χ0v) is 30.3. The monoisotopic (exact) mass is 661 g/mol. The summed E-state index contributed by atoms with van der Waals surface area (Å²) in [6, 6.07) is -0.852. The van der Waals surface area contributed by atoms with E-state index in [1.165, 1.54) is 122 Å². The Balaban J connectivity index is 4.24. The molecule has 0 aliphatic rings. The third-order valence-electron chi connectivity index (χ3n) is 8.36. The Morgan fingerprint density at radius 2 is 1.13 bits per heavy atom. The molecule has 0 bridgehead atoms. The maximum Gasteiger partial charge on any atom is 0.472 e. The van der Waals surface area contributed by atoms with Crippen molar-refractivity contribution in [2.24, 2.45) is 5.73 Å². The number of nitrogens with two attached hydrogens (primary N) is 1. The lowest BCUT2D eigenvalue weighted by Gasteiger charge is -2.23. The molecule has 1 unspecified atom stereocenters. The van der Waals surface area contributed by atoms with Gasteiger partial charge in [0.1, 0.15) is 0 Å². The number of carbonyl (C=O) groups is 1. The van der Waals surface area contributed by atoms with Crippen LogP contribution in [0.3, 0.4) is 0 Å². The van der Waals surface area contributed by atoms with Gasteiger partial charge in [-0.25, -0.2) is 4.57 Å². The maximum atomic E-state index is 12.7. The first kappa shape index (κ1) is 44.2. The van der Waals surface area contributed by atoms with Crippen molar-refractivity contribution >= 4 is 13.7 Å². The summed E-state index contributed by atoms with van der Waals surface area (Å²) in [7, 11) is -4.32. The number of aliphatic hydroxyl groups excluding tert-OH is 1. The number of phosphoric ester groups is 1. The minimum Gasteiger partial charge on any atom is -0.387 e. The van der Waals surface area contributed by atoms with E-state index in [1.54, 1.807) is 6.08 Å². The molecule has 0 heterocycles. The summed E-state index contributed by atoms with van der Waals surface area (Å²) in [5, 5.41) is 13.6. The smallest absolute Gasteiger partial charge is 0.387 e. The van der Waals surface area contributed by atoms with Crippen LogP contribution in [0.5, 0.6) is 0 Å². The van der Waals surface area contributed by atoms with Crippen molar-refractivity contribution < 1.29 is 28.4 Å². The number of nitrogens with one attached hydrogen (secondary N) is 1. The standard InChI is InChI=1S/C36H73N2O6P/c1-3-5-7-9-11-13-15-16-17-18-19-20-22-24-26-28-30-36(40)38-34(33-44-45(41,42)43-32-31-37)35(39)29-27-25-23-21-14-12-10-8-6-4-2/h27,29,34-35,39H,3-26,28,30-33,37H2,1-2H3,(H,38,40)(H,41,42)/b29-27+/t34-,35+/m0/s1. The fraction of sp³-hybridized carbons (Fsp3) is 0.917. The maximum absolute atomic E-state index is 12.7. The van der Waals surface area contributed by atoms with Crippen LogP contribution in [0.2, 0.25) is 0 Å². The molecule has 45 heavy (non-hydrogen) atoms. The van der Waals surface area contributed by atoms with Gasteiger partial charge in [0.2, 0.25) is 5.91 Å². The summed E-state index contributed by atoms with van der Waals surface area (Å²) in [6.45, 7) is 4.11. The Morgan fingerprint density at radius 1 is 0.711 bits per heavy atom. The first-order valence-electron chi connectivity index (χ1n) is 18.8. The van der Waals surface area contributed by atoms with Crippen LogP contribution in [-0.4, -0.2) is 47.8 Å². The molecule has 9 heteroatoms. The molecule has 5 N–H and O–H groups in total. The van der Waals surface area contributed by atoms with Crippen molar-refractivity contribution in [3.8, 4) is 0 Å². The first-order valence-corrected chi connectivity index (χ1v) is 20.3. The van der Waals surface area contributed by atoms with Gasteiger partial charge in [-0.05, 0) is 19.3 Å². The van der Waals surface area contributed by atoms with Crippen molar-refractivity contribution in [1.29, 1.82) is 0 Å². The number of hydrogen-bond acceptors (Lipinski definition) is 6. The number of carbonyl (C=O) groups excluding carboxylic acids is 1. The molecule has 0 spiro atoms. The van der Waals surface area contributed by atoms with Crippen LogP contribution in [0, 0.1) is 0 Å². The van der Waals surface area contributed by atoms with Crippen LogP contribution in [0.1, 0.15) is 181 Å². The van der Waals surface area contributed by atoms with Crippen LogP contribution < -0.4 is 11.1 Å². The minimum atomic E-state index is -4.32. The van der Waals surface area contributed by atoms with Crippen LogP contribution in [0.4, 0.5) is 0 Å². The van der Waals surface area contributed by atoms with E-state index in [0.717, 1.165) is 38.5 Å². The molecule has 0 saturated heterocycles. The SMILES string of the molecule is CCCCCCCCCC/C=C/[C@@H](O)[C@H](COP(=O)(O)OCCN)NC(=O)CCCCCCCCCCCCCCCCCC. The lowest BCUT2D eigenvalue weighted by atomic mass is 10.0. The second kappa shape index (κ2) is 33.2. The molecule has 1 amide bonds. The van der Waals surface area contributed by atoms with E-state index in [2.05, 4.69) is 19.2 Å². The molecule has 0 aromatic rings. The number of rotatable bonds is 35. The van der Waals surface area contributed by atoms with Gasteiger partial charge >= 0.3 is 7.82 Å². The fourth-order valence-electron chi connectivity index (χ4n) is 5.48. The number of phosphoric acid groups is 1. The Bertz CT molecular complexity index is 724. The van der Waals surface area contributed by atoms with Crippen LogP contribution in [0.25, 0.3) is 0 Å². The van der Waals surface area contributed by atoms with Crippen LogP contribution >= 0.6 is 7.82 Å². The average molecular weight is 661 g/mol. The molecular formula is C36H73N2O6P. The average Bonchev–Trinajstić information content (AvgIpc) is 3.02. The summed E-state index contributed by atoms with van der Waals surface area (Å²) in [5.41, 5.74) is 5.35. The summed E-state index contributed by atoms with van der Waals surface area (Å²) >= 11 is 0. The van der Waals surface area contributed by atoms with Gasteiger partial charge in [0, 0.05) is 13.0 Å². The Labute approximate surface area is 277 Å². The normalized spacial score (nSPS) is 14.5. The third kappa shape index (κ3) is 31.6. The molecule has 0 aliphatic heterocycles. The lowest BCUT2D eigenvalue weighted by molar-refractivity contribution is -0.123. The highest BCUT2D eigenvalue weighted by molar-refractivity contribution is 7.47. The second-order valence-corrected chi connectivity index (χ2v) is 14.2. The van der Waals surface area contributed by atoms with Gasteiger partial charge in [-0.15, -0.1) is 0 Å². The molecule has 8 nitrogen and oxygen atoms in total. The molecule has 0 aromatic carbocycles. The number of allylic oxidation sites excluding steroid dienone is 1.